The molecule has 0 N–H and O–H groups in total. The van der Waals surface area contributed by atoms with Gasteiger partial charge in [0.25, 0.3) is 0 Å². The molecule has 6 aromatic carbocycles. The fourth-order valence-electron chi connectivity index (χ4n) is 9.25. The Hall–Kier alpha value is -5.60. The van der Waals surface area contributed by atoms with E-state index in [-0.39, 0.29) is 0 Å². The summed E-state index contributed by atoms with van der Waals surface area (Å²) < 4.78 is 2.54. The molecule has 2 aliphatic carbocycles. The first-order chi connectivity index (χ1) is 22.4. The zero-order chi connectivity index (χ0) is 29.3. The highest BCUT2D eigenvalue weighted by Crippen LogP contribution is 2.61. The second kappa shape index (κ2) is 8.31. The summed E-state index contributed by atoms with van der Waals surface area (Å²) in [5.41, 5.74) is 16.8. The molecule has 3 heterocycles. The molecule has 1 atom stereocenters. The van der Waals surface area contributed by atoms with Crippen molar-refractivity contribution >= 4 is 38.8 Å². The molecule has 0 radical (unpaired) electrons. The Balaban J connectivity index is 1.30. The molecule has 0 saturated heterocycles. The Morgan fingerprint density at radius 1 is 0.556 bits per heavy atom. The van der Waals surface area contributed by atoms with Gasteiger partial charge in [0, 0.05) is 27.7 Å². The zero-order valence-electron chi connectivity index (χ0n) is 24.6. The molecule has 2 aliphatic heterocycles. The minimum Gasteiger partial charge on any atom is -0.333 e. The summed E-state index contributed by atoms with van der Waals surface area (Å²) in [4.78, 5) is 2.59. The molecule has 1 aromatic heterocycles. The molecule has 11 rings (SSSR count). The molecule has 0 bridgehead atoms. The zero-order valence-corrected chi connectivity index (χ0v) is 24.6. The fraction of sp³-hybridized carbons (Fsp3) is 0.0698. The highest BCUT2D eigenvalue weighted by molar-refractivity contribution is 6.13. The van der Waals surface area contributed by atoms with Gasteiger partial charge in [0.05, 0.1) is 28.2 Å². The summed E-state index contributed by atoms with van der Waals surface area (Å²) in [5.74, 6) is 0. The number of allylic oxidation sites excluding steroid dienone is 2. The molecular weight excluding hydrogens is 544 g/mol. The Kier molecular flexibility index (Phi) is 4.40. The second-order valence-electron chi connectivity index (χ2n) is 12.8. The van der Waals surface area contributed by atoms with E-state index in [1.807, 2.05) is 0 Å². The number of benzene rings is 6. The molecule has 1 unspecified atom stereocenters. The smallest absolute Gasteiger partial charge is 0.0755 e. The first kappa shape index (κ1) is 23.8. The number of anilines is 2. The van der Waals surface area contributed by atoms with E-state index < -0.39 is 5.41 Å². The number of rotatable bonds is 1. The lowest BCUT2D eigenvalue weighted by Crippen LogP contribution is -2.34. The molecule has 2 heteroatoms. The molecule has 4 aliphatic rings. The number of nitrogens with zero attached hydrogens (tertiary/aromatic N) is 2. The van der Waals surface area contributed by atoms with Crippen LogP contribution in [-0.2, 0) is 5.41 Å². The van der Waals surface area contributed by atoms with Gasteiger partial charge < -0.3 is 9.47 Å². The normalized spacial score (nSPS) is 17.6. The lowest BCUT2D eigenvalue weighted by Gasteiger charge is -2.40. The predicted molar refractivity (Wildman–Crippen MR) is 186 cm³/mol. The van der Waals surface area contributed by atoms with Gasteiger partial charge in [0.1, 0.15) is 0 Å². The molecule has 0 amide bonds. The average Bonchev–Trinajstić information content (AvgIpc) is 3.73. The van der Waals surface area contributed by atoms with E-state index in [9.17, 15) is 0 Å². The number of hydrogen-bond acceptors (Lipinski definition) is 1. The standard InChI is InChI=1S/C43H28N2/c1-6-18-34-28(12-1)29-13-2-7-19-35(29)43(34)36-20-11-17-33-32-16-5-10-23-40(32)45(42(33)36)41-25-24-27(26-37(41)43)44-38-21-8-3-14-30(38)31-15-4-9-22-39(31)44/h1-21,23-26,39H,22H2. The predicted octanol–water partition coefficient (Wildman–Crippen LogP) is 10.3. The van der Waals surface area contributed by atoms with Gasteiger partial charge >= 0.3 is 0 Å². The first-order valence-corrected chi connectivity index (χ1v) is 16.0. The van der Waals surface area contributed by atoms with E-state index in [4.69, 9.17) is 0 Å². The summed E-state index contributed by atoms with van der Waals surface area (Å²) in [6.07, 6.45) is 7.85. The van der Waals surface area contributed by atoms with Crippen molar-refractivity contribution < 1.29 is 0 Å². The Labute approximate surface area is 261 Å². The number of aromatic nitrogens is 1. The molecule has 7 aromatic rings. The van der Waals surface area contributed by atoms with Crippen molar-refractivity contribution in [1.82, 2.24) is 4.57 Å². The van der Waals surface area contributed by atoms with Crippen LogP contribution in [-0.4, -0.2) is 10.6 Å². The van der Waals surface area contributed by atoms with E-state index in [0.717, 1.165) is 6.42 Å². The second-order valence-corrected chi connectivity index (χ2v) is 12.8. The Bertz CT molecular complexity index is 2440. The third-order valence-electron chi connectivity index (χ3n) is 10.9. The van der Waals surface area contributed by atoms with E-state index in [1.165, 1.54) is 83.4 Å². The van der Waals surface area contributed by atoms with Crippen LogP contribution in [0, 0.1) is 0 Å². The van der Waals surface area contributed by atoms with Gasteiger partial charge in [-0.15, -0.1) is 0 Å². The van der Waals surface area contributed by atoms with Gasteiger partial charge in [-0.25, -0.2) is 0 Å². The summed E-state index contributed by atoms with van der Waals surface area (Å²) in [6, 6.07) is 50.6. The van der Waals surface area contributed by atoms with Crippen LogP contribution >= 0.6 is 0 Å². The summed E-state index contributed by atoms with van der Waals surface area (Å²) in [6.45, 7) is 0. The van der Waals surface area contributed by atoms with Crippen molar-refractivity contribution in [3.63, 3.8) is 0 Å². The van der Waals surface area contributed by atoms with Crippen LogP contribution in [0.5, 0.6) is 0 Å². The molecule has 0 saturated carbocycles. The van der Waals surface area contributed by atoms with Crippen molar-refractivity contribution in [1.29, 1.82) is 0 Å². The topological polar surface area (TPSA) is 8.17 Å². The summed E-state index contributed by atoms with van der Waals surface area (Å²) >= 11 is 0. The van der Waals surface area contributed by atoms with Crippen molar-refractivity contribution in [3.05, 3.63) is 180 Å². The van der Waals surface area contributed by atoms with Crippen LogP contribution in [0.25, 0.3) is 44.2 Å². The number of hydrogen-bond donors (Lipinski definition) is 0. The maximum Gasteiger partial charge on any atom is 0.0755 e. The van der Waals surface area contributed by atoms with Crippen LogP contribution in [0.4, 0.5) is 11.4 Å². The maximum atomic E-state index is 2.59. The number of fused-ring (bicyclic) bond motifs is 15. The van der Waals surface area contributed by atoms with Crippen LogP contribution in [0.2, 0.25) is 0 Å². The molecular formula is C43H28N2. The highest BCUT2D eigenvalue weighted by Gasteiger charge is 2.51. The van der Waals surface area contributed by atoms with Gasteiger partial charge in [-0.05, 0) is 75.7 Å². The van der Waals surface area contributed by atoms with Crippen molar-refractivity contribution in [2.45, 2.75) is 17.9 Å². The third-order valence-corrected chi connectivity index (χ3v) is 10.9. The molecule has 1 spiro atoms. The Morgan fingerprint density at radius 2 is 1.24 bits per heavy atom. The van der Waals surface area contributed by atoms with Crippen molar-refractivity contribution in [2.75, 3.05) is 4.90 Å². The minimum atomic E-state index is -0.438. The first-order valence-electron chi connectivity index (χ1n) is 16.0. The molecule has 0 fully saturated rings. The van der Waals surface area contributed by atoms with Crippen LogP contribution in [0.3, 0.4) is 0 Å². The van der Waals surface area contributed by atoms with Gasteiger partial charge in [-0.1, -0.05) is 121 Å². The van der Waals surface area contributed by atoms with Crippen molar-refractivity contribution in [2.24, 2.45) is 0 Å². The number of para-hydroxylation sites is 3. The Morgan fingerprint density at radius 3 is 2.09 bits per heavy atom. The van der Waals surface area contributed by atoms with Crippen LogP contribution in [0.1, 0.15) is 34.2 Å². The largest absolute Gasteiger partial charge is 0.333 e. The third kappa shape index (κ3) is 2.73. The van der Waals surface area contributed by atoms with E-state index in [1.54, 1.807) is 0 Å². The molecule has 2 nitrogen and oxygen atoms in total. The molecule has 45 heavy (non-hydrogen) atoms. The quantitative estimate of drug-likeness (QED) is 0.190. The van der Waals surface area contributed by atoms with Gasteiger partial charge in [0.15, 0.2) is 0 Å². The van der Waals surface area contributed by atoms with Crippen LogP contribution in [0.15, 0.2) is 152 Å². The summed E-state index contributed by atoms with van der Waals surface area (Å²) in [5, 5.41) is 2.62. The SMILES string of the molecule is C1=CCC2C(=C1)c1ccccc1N2c1ccc2c(c1)C1(c3ccccc3-c3ccccc31)c1cccc3c4ccccc4n-2c13. The minimum absolute atomic E-state index is 0.291. The van der Waals surface area contributed by atoms with Crippen LogP contribution < -0.4 is 4.90 Å². The van der Waals surface area contributed by atoms with E-state index in [0.29, 0.717) is 6.04 Å². The van der Waals surface area contributed by atoms with E-state index in [2.05, 4.69) is 161 Å². The highest BCUT2D eigenvalue weighted by atomic mass is 15.2. The fourth-order valence-corrected chi connectivity index (χ4v) is 9.25. The van der Waals surface area contributed by atoms with Gasteiger partial charge in [-0.3, -0.25) is 0 Å². The monoisotopic (exact) mass is 572 g/mol. The molecule has 210 valence electrons. The lowest BCUT2D eigenvalue weighted by atomic mass is 9.65. The van der Waals surface area contributed by atoms with Gasteiger partial charge in [0.2, 0.25) is 0 Å². The van der Waals surface area contributed by atoms with Gasteiger partial charge in [-0.2, -0.15) is 0 Å². The lowest BCUT2D eigenvalue weighted by molar-refractivity contribution is 0.746. The van der Waals surface area contributed by atoms with Crippen molar-refractivity contribution in [3.8, 4) is 16.8 Å². The summed E-state index contributed by atoms with van der Waals surface area (Å²) in [7, 11) is 0. The maximum absolute atomic E-state index is 2.59. The van der Waals surface area contributed by atoms with E-state index >= 15 is 0 Å². The average molecular weight is 573 g/mol.